The van der Waals surface area contributed by atoms with Crippen LogP contribution in [0, 0.1) is 10.1 Å². The van der Waals surface area contributed by atoms with E-state index in [1.165, 1.54) is 12.1 Å². The second kappa shape index (κ2) is 8.63. The third-order valence-electron chi connectivity index (χ3n) is 4.61. The van der Waals surface area contributed by atoms with Crippen molar-refractivity contribution in [2.45, 2.75) is 51.9 Å². The summed E-state index contributed by atoms with van der Waals surface area (Å²) in [4.78, 5) is 34.9. The van der Waals surface area contributed by atoms with Crippen molar-refractivity contribution in [1.82, 2.24) is 5.32 Å². The summed E-state index contributed by atoms with van der Waals surface area (Å²) in [7, 11) is 0. The van der Waals surface area contributed by atoms with Gasteiger partial charge in [-0.15, -0.1) is 0 Å². The molecule has 2 aromatic carbocycles. The van der Waals surface area contributed by atoms with Crippen LogP contribution in [0.1, 0.15) is 44.9 Å². The molecule has 0 aliphatic carbocycles. The highest BCUT2D eigenvalue weighted by Gasteiger charge is 2.26. The predicted octanol–water partition coefficient (Wildman–Crippen LogP) is 4.12. The van der Waals surface area contributed by atoms with Crippen LogP contribution in [0.4, 0.5) is 16.2 Å². The number of fused-ring (bicyclic) bond motifs is 1. The van der Waals surface area contributed by atoms with Crippen LogP contribution in [0.2, 0.25) is 0 Å². The molecule has 2 unspecified atom stereocenters. The summed E-state index contributed by atoms with van der Waals surface area (Å²) in [6.07, 6.45) is -0.818. The molecular weight excluding hydrogens is 402 g/mol. The number of nitrogens with zero attached hydrogens (tertiary/aromatic N) is 1. The number of non-ortho nitro benzene ring substituents is 1. The number of alkyl carbamates (subject to hydrolysis) is 1. The Kier molecular flexibility index (Phi) is 6.14. The number of hydrogen-bond donors (Lipinski definition) is 2. The maximum atomic E-state index is 12.4. The van der Waals surface area contributed by atoms with Crippen LogP contribution in [-0.2, 0) is 16.0 Å². The quantitative estimate of drug-likeness (QED) is 0.547. The first-order chi connectivity index (χ1) is 14.5. The van der Waals surface area contributed by atoms with Crippen molar-refractivity contribution in [3.8, 4) is 5.75 Å². The number of anilines is 1. The topological polar surface area (TPSA) is 120 Å². The third kappa shape index (κ3) is 5.71. The highest BCUT2D eigenvalue weighted by molar-refractivity contribution is 5.97. The molecule has 1 aliphatic rings. The molecule has 0 saturated carbocycles. The van der Waals surface area contributed by atoms with Crippen LogP contribution in [0.15, 0.2) is 42.5 Å². The Balaban J connectivity index is 1.88. The van der Waals surface area contributed by atoms with Gasteiger partial charge in [0.15, 0.2) is 6.10 Å². The number of carbonyl (C=O) groups excluding carboxylic acids is 2. The Morgan fingerprint density at radius 1 is 1.26 bits per heavy atom. The van der Waals surface area contributed by atoms with Crippen LogP contribution in [0.5, 0.6) is 5.75 Å². The summed E-state index contributed by atoms with van der Waals surface area (Å²) in [5.41, 5.74) is 1.35. The Morgan fingerprint density at radius 2 is 1.94 bits per heavy atom. The highest BCUT2D eigenvalue weighted by Crippen LogP contribution is 2.33. The Labute approximate surface area is 179 Å². The number of nitrogens with one attached hydrogen (secondary N) is 2. The zero-order chi connectivity index (χ0) is 22.8. The van der Waals surface area contributed by atoms with E-state index >= 15 is 0 Å². The number of nitro groups is 1. The smallest absolute Gasteiger partial charge is 0.408 e. The zero-order valence-corrected chi connectivity index (χ0v) is 17.8. The second-order valence-corrected chi connectivity index (χ2v) is 8.33. The minimum atomic E-state index is -0.671. The van der Waals surface area contributed by atoms with Crippen molar-refractivity contribution in [2.75, 3.05) is 5.32 Å². The summed E-state index contributed by atoms with van der Waals surface area (Å²) in [6, 6.07) is 10.9. The minimum Gasteiger partial charge on any atom is -0.479 e. The number of nitro benzene ring substituents is 1. The van der Waals surface area contributed by atoms with E-state index in [9.17, 15) is 19.7 Å². The van der Waals surface area contributed by atoms with Crippen LogP contribution in [0.25, 0.3) is 0 Å². The lowest BCUT2D eigenvalue weighted by Crippen LogP contribution is -2.36. The molecule has 2 aromatic rings. The van der Waals surface area contributed by atoms with E-state index < -0.39 is 28.8 Å². The number of hydrogen-bond acceptors (Lipinski definition) is 6. The molecule has 0 bridgehead atoms. The summed E-state index contributed by atoms with van der Waals surface area (Å²) >= 11 is 0. The van der Waals surface area contributed by atoms with Crippen molar-refractivity contribution in [3.63, 3.8) is 0 Å². The summed E-state index contributed by atoms with van der Waals surface area (Å²) in [5, 5.41) is 16.6. The number of amides is 2. The molecule has 9 heteroatoms. The van der Waals surface area contributed by atoms with Gasteiger partial charge >= 0.3 is 6.09 Å². The lowest BCUT2D eigenvalue weighted by Gasteiger charge is -2.27. The van der Waals surface area contributed by atoms with Gasteiger partial charge in [-0.05, 0) is 57.4 Å². The Morgan fingerprint density at radius 3 is 2.55 bits per heavy atom. The molecule has 1 aliphatic heterocycles. The van der Waals surface area contributed by atoms with E-state index in [-0.39, 0.29) is 11.6 Å². The van der Waals surface area contributed by atoms with Crippen molar-refractivity contribution < 1.29 is 24.0 Å². The van der Waals surface area contributed by atoms with Crippen molar-refractivity contribution in [1.29, 1.82) is 0 Å². The van der Waals surface area contributed by atoms with E-state index in [1.54, 1.807) is 58.0 Å². The first-order valence-electron chi connectivity index (χ1n) is 9.86. The fraction of sp³-hybridized carbons (Fsp3) is 0.364. The van der Waals surface area contributed by atoms with Gasteiger partial charge in [0.05, 0.1) is 16.7 Å². The molecule has 3 rings (SSSR count). The molecule has 9 nitrogen and oxygen atoms in total. The molecule has 31 heavy (non-hydrogen) atoms. The minimum absolute atomic E-state index is 0.0110. The van der Waals surface area contributed by atoms with Gasteiger partial charge in [0.2, 0.25) is 0 Å². The molecule has 1 heterocycles. The van der Waals surface area contributed by atoms with E-state index in [1.807, 2.05) is 0 Å². The van der Waals surface area contributed by atoms with E-state index in [2.05, 4.69) is 10.6 Å². The van der Waals surface area contributed by atoms with Crippen LogP contribution in [-0.4, -0.2) is 28.6 Å². The lowest BCUT2D eigenvalue weighted by atomic mass is 9.97. The predicted molar refractivity (Wildman–Crippen MR) is 114 cm³/mol. The monoisotopic (exact) mass is 427 g/mol. The molecule has 164 valence electrons. The van der Waals surface area contributed by atoms with Crippen LogP contribution < -0.4 is 15.4 Å². The average molecular weight is 427 g/mol. The molecule has 0 spiro atoms. The third-order valence-corrected chi connectivity index (χ3v) is 4.61. The van der Waals surface area contributed by atoms with Crippen molar-refractivity contribution >= 4 is 23.4 Å². The Hall–Kier alpha value is -3.62. The van der Waals surface area contributed by atoms with Crippen LogP contribution >= 0.6 is 0 Å². The molecule has 2 atom stereocenters. The molecular formula is C22H25N3O6. The lowest BCUT2D eigenvalue weighted by molar-refractivity contribution is -0.384. The van der Waals surface area contributed by atoms with Gasteiger partial charge in [-0.1, -0.05) is 18.2 Å². The molecule has 2 N–H and O–H groups in total. The van der Waals surface area contributed by atoms with Gasteiger partial charge in [-0.2, -0.15) is 0 Å². The van der Waals surface area contributed by atoms with Gasteiger partial charge in [-0.25, -0.2) is 4.79 Å². The van der Waals surface area contributed by atoms with Gasteiger partial charge in [-0.3, -0.25) is 14.9 Å². The van der Waals surface area contributed by atoms with E-state index in [0.717, 1.165) is 11.1 Å². The second-order valence-electron chi connectivity index (χ2n) is 8.33. The molecule has 0 saturated heterocycles. The first-order valence-corrected chi connectivity index (χ1v) is 9.86. The number of ether oxygens (including phenoxy) is 2. The van der Waals surface area contributed by atoms with Crippen molar-refractivity contribution in [2.24, 2.45) is 0 Å². The van der Waals surface area contributed by atoms with Crippen LogP contribution in [0.3, 0.4) is 0 Å². The molecule has 0 fully saturated rings. The zero-order valence-electron chi connectivity index (χ0n) is 17.8. The fourth-order valence-electron chi connectivity index (χ4n) is 3.13. The van der Waals surface area contributed by atoms with Gasteiger partial charge < -0.3 is 20.1 Å². The van der Waals surface area contributed by atoms with Gasteiger partial charge in [0.1, 0.15) is 11.4 Å². The average Bonchev–Trinajstić information content (AvgIpc) is 2.67. The molecule has 0 radical (unpaired) electrons. The summed E-state index contributed by atoms with van der Waals surface area (Å²) in [6.45, 7) is 6.97. The Bertz CT molecular complexity index is 997. The first kappa shape index (κ1) is 22.1. The summed E-state index contributed by atoms with van der Waals surface area (Å²) in [5.74, 6) is 0.291. The number of carbonyl (C=O) groups is 2. The number of rotatable bonds is 5. The maximum Gasteiger partial charge on any atom is 0.408 e. The fourth-order valence-corrected chi connectivity index (χ4v) is 3.13. The summed E-state index contributed by atoms with van der Waals surface area (Å²) < 4.78 is 11.0. The standard InChI is InChI=1S/C22H25N3O6/c1-13-20(26)23-18-12-15(7-10-19(18)30-13)17(24-21(27)31-22(2,3)4)11-14-5-8-16(9-6-14)25(28)29/h5-10,12-13,17H,11H2,1-4H3,(H,23,26)(H,24,27). The van der Waals surface area contributed by atoms with Gasteiger partial charge in [0, 0.05) is 12.1 Å². The van der Waals surface area contributed by atoms with E-state index in [4.69, 9.17) is 9.47 Å². The molecule has 2 amide bonds. The normalized spacial score (nSPS) is 16.4. The van der Waals surface area contributed by atoms with Gasteiger partial charge in [0.25, 0.3) is 11.6 Å². The largest absolute Gasteiger partial charge is 0.479 e. The highest BCUT2D eigenvalue weighted by atomic mass is 16.6. The number of benzene rings is 2. The van der Waals surface area contributed by atoms with Crippen molar-refractivity contribution in [3.05, 3.63) is 63.7 Å². The maximum absolute atomic E-state index is 12.4. The SMILES string of the molecule is CC1Oc2ccc(C(Cc3ccc([N+](=O)[O-])cc3)NC(=O)OC(C)(C)C)cc2NC1=O. The van der Waals surface area contributed by atoms with E-state index in [0.29, 0.717) is 17.9 Å². The molecule has 0 aromatic heterocycles.